The third kappa shape index (κ3) is 4.55. The predicted molar refractivity (Wildman–Crippen MR) is 79.7 cm³/mol. The number of ether oxygens (including phenoxy) is 1. The molecule has 0 atom stereocenters. The average molecular weight is 346 g/mol. The topological polar surface area (TPSA) is 82.0 Å². The van der Waals surface area contributed by atoms with E-state index in [-0.39, 0.29) is 16.2 Å². The first-order valence-electron chi connectivity index (χ1n) is 5.91. The van der Waals surface area contributed by atoms with Crippen molar-refractivity contribution in [3.05, 3.63) is 29.5 Å². The molecule has 0 aliphatic rings. The van der Waals surface area contributed by atoms with Crippen LogP contribution in [-0.2, 0) is 9.84 Å². The number of hydrogen-bond donors (Lipinski definition) is 0. The molecule has 0 aliphatic carbocycles. The maximum atomic E-state index is 11.4. The van der Waals surface area contributed by atoms with Crippen molar-refractivity contribution in [2.24, 2.45) is 0 Å². The fraction of sp³-hybridized carbons (Fsp3) is 0.250. The van der Waals surface area contributed by atoms with E-state index in [0.29, 0.717) is 11.8 Å². The van der Waals surface area contributed by atoms with Gasteiger partial charge in [0.1, 0.15) is 0 Å². The molecule has 0 saturated carbocycles. The second kappa shape index (κ2) is 6.59. The number of aromatic nitrogens is 3. The number of rotatable bonds is 5. The van der Waals surface area contributed by atoms with Crippen LogP contribution >= 0.6 is 23.4 Å². The molecule has 0 bridgehead atoms. The van der Waals surface area contributed by atoms with Gasteiger partial charge in [0.15, 0.2) is 15.0 Å². The van der Waals surface area contributed by atoms with Gasteiger partial charge in [-0.1, -0.05) is 0 Å². The number of sulfone groups is 1. The number of halogens is 1. The van der Waals surface area contributed by atoms with E-state index < -0.39 is 9.84 Å². The lowest BCUT2D eigenvalue weighted by atomic mass is 10.4. The van der Waals surface area contributed by atoms with Gasteiger partial charge in [-0.15, -0.1) is 0 Å². The molecule has 0 fully saturated rings. The summed E-state index contributed by atoms with van der Waals surface area (Å²) in [5.41, 5.74) is 0. The summed E-state index contributed by atoms with van der Waals surface area (Å²) in [6, 6.07) is 6.58. The van der Waals surface area contributed by atoms with Crippen molar-refractivity contribution in [2.45, 2.75) is 21.9 Å². The largest absolute Gasteiger partial charge is 0.464 e. The third-order valence-electron chi connectivity index (χ3n) is 2.30. The molecule has 0 unspecified atom stereocenters. The first-order chi connectivity index (χ1) is 9.88. The minimum Gasteiger partial charge on any atom is -0.464 e. The molecule has 1 aromatic carbocycles. The SMILES string of the molecule is CCOc1nc(Cl)nc(Sc2ccc(S(C)(=O)=O)cc2)n1. The average Bonchev–Trinajstić information content (AvgIpc) is 2.38. The molecule has 1 aromatic heterocycles. The normalized spacial score (nSPS) is 11.4. The standard InChI is InChI=1S/C12H12ClN3O3S2/c1-3-19-11-14-10(13)15-12(16-11)20-8-4-6-9(7-5-8)21(2,17)18/h4-7H,3H2,1-2H3. The Morgan fingerprint density at radius 2 is 1.86 bits per heavy atom. The van der Waals surface area contributed by atoms with Gasteiger partial charge in [-0.2, -0.15) is 15.0 Å². The van der Waals surface area contributed by atoms with Gasteiger partial charge in [0.2, 0.25) is 5.28 Å². The summed E-state index contributed by atoms with van der Waals surface area (Å²) in [7, 11) is -3.20. The second-order valence-corrected chi connectivity index (χ2v) is 7.34. The number of benzene rings is 1. The van der Waals surface area contributed by atoms with E-state index in [1.54, 1.807) is 12.1 Å². The first kappa shape index (κ1) is 16.0. The van der Waals surface area contributed by atoms with Crippen molar-refractivity contribution in [1.29, 1.82) is 0 Å². The molecule has 9 heteroatoms. The molecule has 1 heterocycles. The first-order valence-corrected chi connectivity index (χ1v) is 8.99. The highest BCUT2D eigenvalue weighted by Gasteiger charge is 2.10. The van der Waals surface area contributed by atoms with Gasteiger partial charge in [0.25, 0.3) is 0 Å². The fourth-order valence-corrected chi connectivity index (χ4v) is 2.99. The molecule has 0 spiro atoms. The number of hydrogen-bond acceptors (Lipinski definition) is 7. The number of nitrogens with zero attached hydrogens (tertiary/aromatic N) is 3. The minimum absolute atomic E-state index is 0.0451. The lowest BCUT2D eigenvalue weighted by Crippen LogP contribution is -2.00. The van der Waals surface area contributed by atoms with Crippen molar-refractivity contribution in [3.8, 4) is 6.01 Å². The zero-order valence-electron chi connectivity index (χ0n) is 11.3. The third-order valence-corrected chi connectivity index (χ3v) is 4.47. The Kier molecular flexibility index (Phi) is 5.02. The van der Waals surface area contributed by atoms with E-state index in [2.05, 4.69) is 15.0 Å². The quantitative estimate of drug-likeness (QED) is 0.823. The van der Waals surface area contributed by atoms with Crippen LogP contribution in [0, 0.1) is 0 Å². The molecular weight excluding hydrogens is 334 g/mol. The Bertz CT molecular complexity index is 736. The highest BCUT2D eigenvalue weighted by molar-refractivity contribution is 7.99. The van der Waals surface area contributed by atoms with Crippen LogP contribution in [0.4, 0.5) is 0 Å². The van der Waals surface area contributed by atoms with Crippen molar-refractivity contribution in [2.75, 3.05) is 12.9 Å². The van der Waals surface area contributed by atoms with E-state index in [1.165, 1.54) is 23.9 Å². The van der Waals surface area contributed by atoms with Crippen molar-refractivity contribution >= 4 is 33.2 Å². The highest BCUT2D eigenvalue weighted by Crippen LogP contribution is 2.27. The summed E-state index contributed by atoms with van der Waals surface area (Å²) in [6.07, 6.45) is 1.16. The Morgan fingerprint density at radius 1 is 1.19 bits per heavy atom. The molecule has 112 valence electrons. The molecule has 0 saturated heterocycles. The molecular formula is C12H12ClN3O3S2. The molecule has 0 aliphatic heterocycles. The molecule has 21 heavy (non-hydrogen) atoms. The Labute approximate surface area is 131 Å². The summed E-state index contributed by atoms with van der Waals surface area (Å²) >= 11 is 7.04. The van der Waals surface area contributed by atoms with Crippen LogP contribution in [0.15, 0.2) is 39.2 Å². The summed E-state index contributed by atoms with van der Waals surface area (Å²) < 4.78 is 28.0. The molecule has 0 radical (unpaired) electrons. The van der Waals surface area contributed by atoms with Crippen LogP contribution < -0.4 is 4.74 Å². The summed E-state index contributed by atoms with van der Waals surface area (Å²) in [4.78, 5) is 13.0. The maximum absolute atomic E-state index is 11.4. The summed E-state index contributed by atoms with van der Waals surface area (Å²) in [5, 5.41) is 0.425. The molecule has 6 nitrogen and oxygen atoms in total. The summed E-state index contributed by atoms with van der Waals surface area (Å²) in [6.45, 7) is 2.24. The molecule has 2 rings (SSSR count). The van der Waals surface area contributed by atoms with Gasteiger partial charge in [0.05, 0.1) is 11.5 Å². The van der Waals surface area contributed by atoms with E-state index >= 15 is 0 Å². The predicted octanol–water partition coefficient (Wildman–Crippen LogP) is 2.48. The van der Waals surface area contributed by atoms with Crippen molar-refractivity contribution < 1.29 is 13.2 Å². The Hall–Kier alpha value is -1.38. The van der Waals surface area contributed by atoms with Gasteiger partial charge in [-0.3, -0.25) is 0 Å². The molecule has 0 amide bonds. The van der Waals surface area contributed by atoms with Crippen molar-refractivity contribution in [1.82, 2.24) is 15.0 Å². The lowest BCUT2D eigenvalue weighted by Gasteiger charge is -2.04. The Balaban J connectivity index is 2.22. The Morgan fingerprint density at radius 3 is 2.43 bits per heavy atom. The summed E-state index contributed by atoms with van der Waals surface area (Å²) in [5.74, 6) is 0. The second-order valence-electron chi connectivity index (χ2n) is 3.95. The monoisotopic (exact) mass is 345 g/mol. The van der Waals surface area contributed by atoms with Gasteiger partial charge in [-0.25, -0.2) is 8.42 Å². The van der Waals surface area contributed by atoms with E-state index in [9.17, 15) is 8.42 Å². The van der Waals surface area contributed by atoms with Crippen LogP contribution in [0.1, 0.15) is 6.92 Å². The van der Waals surface area contributed by atoms with Gasteiger partial charge >= 0.3 is 6.01 Å². The van der Waals surface area contributed by atoms with E-state index in [0.717, 1.165) is 11.2 Å². The smallest absolute Gasteiger partial charge is 0.321 e. The van der Waals surface area contributed by atoms with Gasteiger partial charge in [-0.05, 0) is 54.6 Å². The zero-order valence-corrected chi connectivity index (χ0v) is 13.7. The lowest BCUT2D eigenvalue weighted by molar-refractivity contribution is 0.307. The molecule has 0 N–H and O–H groups in total. The van der Waals surface area contributed by atoms with E-state index in [4.69, 9.17) is 16.3 Å². The van der Waals surface area contributed by atoms with Crippen LogP contribution in [0.5, 0.6) is 6.01 Å². The van der Waals surface area contributed by atoms with Gasteiger partial charge in [0, 0.05) is 11.2 Å². The molecule has 2 aromatic rings. The zero-order chi connectivity index (χ0) is 15.5. The minimum atomic E-state index is -3.20. The van der Waals surface area contributed by atoms with Gasteiger partial charge < -0.3 is 4.74 Å². The van der Waals surface area contributed by atoms with Crippen LogP contribution in [0.25, 0.3) is 0 Å². The van der Waals surface area contributed by atoms with Crippen LogP contribution in [0.3, 0.4) is 0 Å². The van der Waals surface area contributed by atoms with Crippen LogP contribution in [0.2, 0.25) is 5.28 Å². The maximum Gasteiger partial charge on any atom is 0.321 e. The van der Waals surface area contributed by atoms with E-state index in [1.807, 2.05) is 6.92 Å². The highest BCUT2D eigenvalue weighted by atomic mass is 35.5. The fourth-order valence-electron chi connectivity index (χ4n) is 1.41. The van der Waals surface area contributed by atoms with Crippen molar-refractivity contribution in [3.63, 3.8) is 0 Å². The van der Waals surface area contributed by atoms with Crippen LogP contribution in [-0.4, -0.2) is 36.2 Å².